The first-order chi connectivity index (χ1) is 10.2. The third-order valence-corrected chi connectivity index (χ3v) is 2.72. The minimum Gasteiger partial charge on any atom is -0.497 e. The fourth-order valence-electron chi connectivity index (χ4n) is 1.67. The van der Waals surface area contributed by atoms with Crippen molar-refractivity contribution in [2.75, 3.05) is 13.7 Å². The molecule has 2 aromatic rings. The van der Waals surface area contributed by atoms with Crippen LogP contribution >= 0.6 is 0 Å². The molecule has 0 aliphatic heterocycles. The van der Waals surface area contributed by atoms with Gasteiger partial charge in [-0.05, 0) is 24.6 Å². The number of esters is 1. The lowest BCUT2D eigenvalue weighted by atomic mass is 10.2. The smallest absolute Gasteiger partial charge is 0.360 e. The van der Waals surface area contributed by atoms with E-state index in [-0.39, 0.29) is 12.3 Å². The van der Waals surface area contributed by atoms with Gasteiger partial charge in [0.1, 0.15) is 12.4 Å². The Labute approximate surface area is 122 Å². The number of methoxy groups -OCH3 is 1. The summed E-state index contributed by atoms with van der Waals surface area (Å²) in [5.74, 6) is 0.780. The van der Waals surface area contributed by atoms with Gasteiger partial charge in [0.25, 0.3) is 0 Å². The third kappa shape index (κ3) is 4.32. The number of ether oxygens (including phenoxy) is 3. The van der Waals surface area contributed by atoms with Gasteiger partial charge in [-0.15, -0.1) is 0 Å². The van der Waals surface area contributed by atoms with Crippen molar-refractivity contribution >= 4 is 5.97 Å². The maximum atomic E-state index is 11.4. The second kappa shape index (κ2) is 7.44. The first kappa shape index (κ1) is 15.1. The van der Waals surface area contributed by atoms with Crippen LogP contribution in [-0.4, -0.2) is 24.8 Å². The van der Waals surface area contributed by atoms with Crippen LogP contribution in [0.5, 0.6) is 5.75 Å². The van der Waals surface area contributed by atoms with Gasteiger partial charge in [0.2, 0.25) is 0 Å². The number of carbonyl (C=O) groups is 1. The Bertz CT molecular complexity index is 576. The Hall–Kier alpha value is -2.34. The van der Waals surface area contributed by atoms with Gasteiger partial charge in [-0.3, -0.25) is 0 Å². The van der Waals surface area contributed by atoms with Gasteiger partial charge in [0.15, 0.2) is 11.5 Å². The van der Waals surface area contributed by atoms with Crippen LogP contribution < -0.4 is 4.74 Å². The van der Waals surface area contributed by atoms with Gasteiger partial charge in [-0.2, -0.15) is 0 Å². The average molecular weight is 291 g/mol. The summed E-state index contributed by atoms with van der Waals surface area (Å²) >= 11 is 0. The number of hydrogen-bond acceptors (Lipinski definition) is 6. The molecule has 0 bridgehead atoms. The maximum absolute atomic E-state index is 11.4. The topological polar surface area (TPSA) is 70.8 Å². The number of benzene rings is 1. The van der Waals surface area contributed by atoms with Crippen LogP contribution in [0, 0.1) is 0 Å². The minimum absolute atomic E-state index is 0.153. The van der Waals surface area contributed by atoms with E-state index in [1.54, 1.807) is 14.0 Å². The monoisotopic (exact) mass is 291 g/mol. The van der Waals surface area contributed by atoms with Crippen LogP contribution in [-0.2, 0) is 22.7 Å². The van der Waals surface area contributed by atoms with Gasteiger partial charge in [0.05, 0.1) is 20.3 Å². The molecule has 112 valence electrons. The molecule has 0 aliphatic rings. The molecule has 0 radical (unpaired) electrons. The predicted molar refractivity (Wildman–Crippen MR) is 73.9 cm³/mol. The van der Waals surface area contributed by atoms with Gasteiger partial charge in [-0.25, -0.2) is 4.79 Å². The van der Waals surface area contributed by atoms with Crippen LogP contribution in [0.3, 0.4) is 0 Å². The summed E-state index contributed by atoms with van der Waals surface area (Å²) in [5.41, 5.74) is 1.17. The van der Waals surface area contributed by atoms with Crippen molar-refractivity contribution in [3.63, 3.8) is 0 Å². The number of rotatable bonds is 7. The Balaban J connectivity index is 1.81. The molecule has 21 heavy (non-hydrogen) atoms. The Morgan fingerprint density at radius 2 is 2.00 bits per heavy atom. The zero-order chi connectivity index (χ0) is 15.1. The molecule has 0 amide bonds. The molecule has 0 aliphatic carbocycles. The zero-order valence-electron chi connectivity index (χ0n) is 12.0. The van der Waals surface area contributed by atoms with Crippen molar-refractivity contribution in [1.29, 1.82) is 0 Å². The van der Waals surface area contributed by atoms with E-state index in [1.165, 1.54) is 6.07 Å². The van der Waals surface area contributed by atoms with Gasteiger partial charge >= 0.3 is 5.97 Å². The van der Waals surface area contributed by atoms with Crippen LogP contribution in [0.15, 0.2) is 34.9 Å². The van der Waals surface area contributed by atoms with E-state index in [4.69, 9.17) is 18.7 Å². The summed E-state index contributed by atoms with van der Waals surface area (Å²) < 4.78 is 20.4. The second-order valence-corrected chi connectivity index (χ2v) is 4.24. The highest BCUT2D eigenvalue weighted by molar-refractivity contribution is 5.87. The number of carbonyl (C=O) groups excluding carboxylic acids is 1. The first-order valence-electron chi connectivity index (χ1n) is 6.56. The van der Waals surface area contributed by atoms with Crippen molar-refractivity contribution < 1.29 is 23.5 Å². The number of nitrogens with zero attached hydrogens (tertiary/aromatic N) is 1. The standard InChI is InChI=1S/C15H17NO5/c1-3-20-15(17)14-8-13(21-16-14)10-19-9-11-4-6-12(18-2)7-5-11/h4-8H,3,9-10H2,1-2H3. The van der Waals surface area contributed by atoms with Crippen LogP contribution in [0.2, 0.25) is 0 Å². The molecule has 2 rings (SSSR count). The van der Waals surface area contributed by atoms with Crippen LogP contribution in [0.1, 0.15) is 28.7 Å². The minimum atomic E-state index is -0.498. The van der Waals surface area contributed by atoms with E-state index in [9.17, 15) is 4.79 Å². The molecule has 6 heteroatoms. The highest BCUT2D eigenvalue weighted by Crippen LogP contribution is 2.13. The molecule has 0 unspecified atom stereocenters. The molecular weight excluding hydrogens is 274 g/mol. The number of hydrogen-bond donors (Lipinski definition) is 0. The summed E-state index contributed by atoms with van der Waals surface area (Å²) in [5, 5.41) is 3.64. The zero-order valence-corrected chi connectivity index (χ0v) is 12.0. The van der Waals surface area contributed by atoms with E-state index in [2.05, 4.69) is 5.16 Å². The summed E-state index contributed by atoms with van der Waals surface area (Å²) in [6.45, 7) is 2.70. The second-order valence-electron chi connectivity index (χ2n) is 4.24. The summed E-state index contributed by atoms with van der Waals surface area (Å²) in [7, 11) is 1.62. The lowest BCUT2D eigenvalue weighted by Crippen LogP contribution is -2.04. The van der Waals surface area contributed by atoms with Crippen molar-refractivity contribution in [2.45, 2.75) is 20.1 Å². The van der Waals surface area contributed by atoms with E-state index in [0.29, 0.717) is 19.0 Å². The molecule has 1 aromatic carbocycles. The molecule has 0 spiro atoms. The lowest BCUT2D eigenvalue weighted by Gasteiger charge is -2.03. The molecule has 0 atom stereocenters. The Morgan fingerprint density at radius 1 is 1.24 bits per heavy atom. The quantitative estimate of drug-likeness (QED) is 0.730. The van der Waals surface area contributed by atoms with Crippen molar-refractivity contribution in [3.8, 4) is 5.75 Å². The molecule has 0 saturated carbocycles. The first-order valence-corrected chi connectivity index (χ1v) is 6.56. The van der Waals surface area contributed by atoms with Gasteiger partial charge < -0.3 is 18.7 Å². The summed E-state index contributed by atoms with van der Waals surface area (Å²) in [6.07, 6.45) is 0. The number of aromatic nitrogens is 1. The van der Waals surface area contributed by atoms with Crippen molar-refractivity contribution in [3.05, 3.63) is 47.3 Å². The molecular formula is C15H17NO5. The molecule has 0 saturated heterocycles. The van der Waals surface area contributed by atoms with E-state index < -0.39 is 5.97 Å². The predicted octanol–water partition coefficient (Wildman–Crippen LogP) is 2.58. The van der Waals surface area contributed by atoms with Crippen molar-refractivity contribution in [2.24, 2.45) is 0 Å². The lowest BCUT2D eigenvalue weighted by molar-refractivity contribution is 0.0513. The fraction of sp³-hybridized carbons (Fsp3) is 0.333. The summed E-state index contributed by atoms with van der Waals surface area (Å²) in [4.78, 5) is 11.4. The third-order valence-electron chi connectivity index (χ3n) is 2.72. The Morgan fingerprint density at radius 3 is 2.67 bits per heavy atom. The molecule has 6 nitrogen and oxygen atoms in total. The molecule has 1 aromatic heterocycles. The maximum Gasteiger partial charge on any atom is 0.360 e. The molecule has 1 heterocycles. The van der Waals surface area contributed by atoms with Gasteiger partial charge in [-0.1, -0.05) is 17.3 Å². The fourth-order valence-corrected chi connectivity index (χ4v) is 1.67. The summed E-state index contributed by atoms with van der Waals surface area (Å²) in [6, 6.07) is 9.09. The SMILES string of the molecule is CCOC(=O)c1cc(COCc2ccc(OC)cc2)on1. The van der Waals surface area contributed by atoms with E-state index >= 15 is 0 Å². The van der Waals surface area contributed by atoms with E-state index in [1.807, 2.05) is 24.3 Å². The molecule has 0 fully saturated rings. The molecule has 0 N–H and O–H groups in total. The largest absolute Gasteiger partial charge is 0.497 e. The Kier molecular flexibility index (Phi) is 5.34. The highest BCUT2D eigenvalue weighted by atomic mass is 16.5. The van der Waals surface area contributed by atoms with E-state index in [0.717, 1.165) is 11.3 Å². The normalized spacial score (nSPS) is 10.4. The van der Waals surface area contributed by atoms with Crippen LogP contribution in [0.4, 0.5) is 0 Å². The van der Waals surface area contributed by atoms with Crippen LogP contribution in [0.25, 0.3) is 0 Å². The average Bonchev–Trinajstić information content (AvgIpc) is 2.97. The van der Waals surface area contributed by atoms with Crippen molar-refractivity contribution in [1.82, 2.24) is 5.16 Å². The highest BCUT2D eigenvalue weighted by Gasteiger charge is 2.13. The van der Waals surface area contributed by atoms with Gasteiger partial charge in [0, 0.05) is 6.07 Å².